The molecule has 26 heavy (non-hydrogen) atoms. The molecule has 12 nitrogen and oxygen atoms in total. The molecular formula is C13H22N3O9P. The summed E-state index contributed by atoms with van der Waals surface area (Å²) < 4.78 is 23.0. The summed E-state index contributed by atoms with van der Waals surface area (Å²) in [4.78, 5) is 44.3. The number of aryl methyl sites for hydroxylation is 1. The second-order valence-corrected chi connectivity index (χ2v) is 6.94. The van der Waals surface area contributed by atoms with Gasteiger partial charge in [-0.1, -0.05) is 6.92 Å². The van der Waals surface area contributed by atoms with Crippen molar-refractivity contribution in [3.05, 3.63) is 22.2 Å². The number of aliphatic hydroxyl groups is 1. The molecule has 1 fully saturated rings. The van der Waals surface area contributed by atoms with Crippen LogP contribution in [0.25, 0.3) is 0 Å². The van der Waals surface area contributed by atoms with Crippen LogP contribution in [0.3, 0.4) is 0 Å². The fraction of sp³-hybridized carbons (Fsp3) is 0.692. The lowest BCUT2D eigenvalue weighted by Crippen LogP contribution is -2.51. The van der Waals surface area contributed by atoms with Crippen LogP contribution in [0.4, 0.5) is 5.82 Å². The van der Waals surface area contributed by atoms with Gasteiger partial charge in [-0.25, -0.2) is 19.1 Å². The monoisotopic (exact) mass is 395 g/mol. The van der Waals surface area contributed by atoms with Crippen LogP contribution in [0.2, 0.25) is 0 Å². The molecule has 0 radical (unpaired) electrons. The molecule has 0 saturated carbocycles. The fourth-order valence-electron chi connectivity index (χ4n) is 2.98. The fourth-order valence-corrected chi connectivity index (χ4v) is 3.55. The topological polar surface area (TPSA) is 176 Å². The number of nitrogen functional groups attached to an aromatic ring is 1. The van der Waals surface area contributed by atoms with Gasteiger partial charge in [-0.15, -0.1) is 0 Å². The predicted molar refractivity (Wildman–Crippen MR) is 86.7 cm³/mol. The maximum Gasteiger partial charge on any atom is 0.470 e. The highest BCUT2D eigenvalue weighted by Crippen LogP contribution is 2.47. The van der Waals surface area contributed by atoms with E-state index in [0.29, 0.717) is 5.56 Å². The summed E-state index contributed by atoms with van der Waals surface area (Å²) in [6, 6.07) is 0. The molecule has 0 unspecified atom stereocenters. The molecular weight excluding hydrogens is 373 g/mol. The molecule has 1 aliphatic rings. The molecule has 0 spiro atoms. The Morgan fingerprint density at radius 1 is 1.50 bits per heavy atom. The molecule has 0 bridgehead atoms. The van der Waals surface area contributed by atoms with Gasteiger partial charge < -0.3 is 25.4 Å². The molecule has 1 aromatic heterocycles. The molecule has 4 atom stereocenters. The molecule has 2 heterocycles. The number of ether oxygens (including phenoxy) is 1. The maximum atomic E-state index is 12.4. The standard InChI is InChI=1S/C13H22N3O9P/c1-4-13(16-5-7(2)11(14)15-12(16)18)10(24-22-3)9(8(6-17)23-13)25-26(19,20)21/h5,8-10,17H,4,6H2,1-3H3,(H2,14,15,18)(H2,19,20,21)/t8-,9-,10-,13-/m1/s1. The van der Waals surface area contributed by atoms with Crippen LogP contribution in [0.1, 0.15) is 18.9 Å². The van der Waals surface area contributed by atoms with Gasteiger partial charge in [0.15, 0.2) is 11.8 Å². The Morgan fingerprint density at radius 2 is 2.15 bits per heavy atom. The zero-order valence-electron chi connectivity index (χ0n) is 14.4. The Bertz CT molecular complexity index is 751. The molecule has 5 N–H and O–H groups in total. The van der Waals surface area contributed by atoms with E-state index in [2.05, 4.69) is 9.87 Å². The quantitative estimate of drug-likeness (QED) is 0.253. The van der Waals surface area contributed by atoms with E-state index in [9.17, 15) is 24.3 Å². The third kappa shape index (κ3) is 3.82. The van der Waals surface area contributed by atoms with Crippen molar-refractivity contribution < 1.29 is 38.5 Å². The van der Waals surface area contributed by atoms with Gasteiger partial charge in [0.05, 0.1) is 13.7 Å². The van der Waals surface area contributed by atoms with Crippen LogP contribution >= 0.6 is 7.82 Å². The average molecular weight is 395 g/mol. The Morgan fingerprint density at radius 3 is 2.65 bits per heavy atom. The number of nitrogens with zero attached hydrogens (tertiary/aromatic N) is 2. The lowest BCUT2D eigenvalue weighted by Gasteiger charge is -2.34. The second kappa shape index (κ2) is 7.71. The largest absolute Gasteiger partial charge is 0.470 e. The minimum Gasteiger partial charge on any atom is -0.394 e. The molecule has 2 rings (SSSR count). The van der Waals surface area contributed by atoms with Gasteiger partial charge >= 0.3 is 13.5 Å². The molecule has 1 aliphatic heterocycles. The first-order valence-electron chi connectivity index (χ1n) is 7.68. The van der Waals surface area contributed by atoms with E-state index in [-0.39, 0.29) is 12.2 Å². The van der Waals surface area contributed by atoms with Crippen LogP contribution in [-0.2, 0) is 29.3 Å². The summed E-state index contributed by atoms with van der Waals surface area (Å²) in [5.74, 6) is 0.0291. The summed E-state index contributed by atoms with van der Waals surface area (Å²) in [6.07, 6.45) is -2.44. The number of rotatable bonds is 7. The van der Waals surface area contributed by atoms with Crippen LogP contribution < -0.4 is 11.4 Å². The molecule has 1 saturated heterocycles. The van der Waals surface area contributed by atoms with Crippen LogP contribution in [0, 0.1) is 6.92 Å². The molecule has 0 aliphatic carbocycles. The summed E-state index contributed by atoms with van der Waals surface area (Å²) in [7, 11) is -3.79. The average Bonchev–Trinajstić information content (AvgIpc) is 2.84. The van der Waals surface area contributed by atoms with E-state index >= 15 is 0 Å². The van der Waals surface area contributed by atoms with Gasteiger partial charge in [-0.2, -0.15) is 4.98 Å². The van der Waals surface area contributed by atoms with Gasteiger partial charge in [0.1, 0.15) is 18.0 Å². The van der Waals surface area contributed by atoms with Gasteiger partial charge in [-0.05, 0) is 13.3 Å². The van der Waals surface area contributed by atoms with Crippen LogP contribution in [0.5, 0.6) is 0 Å². The summed E-state index contributed by atoms with van der Waals surface area (Å²) >= 11 is 0. The van der Waals surface area contributed by atoms with Crippen molar-refractivity contribution in [2.45, 2.75) is 44.3 Å². The smallest absolute Gasteiger partial charge is 0.394 e. The van der Waals surface area contributed by atoms with Crippen LogP contribution in [0.15, 0.2) is 11.0 Å². The molecule has 13 heteroatoms. The van der Waals surface area contributed by atoms with E-state index in [1.165, 1.54) is 13.3 Å². The molecule has 0 aromatic carbocycles. The normalized spacial score (nSPS) is 29.2. The Balaban J connectivity index is 2.63. The number of nitrogens with two attached hydrogens (primary N) is 1. The number of phosphoric ester groups is 1. The van der Waals surface area contributed by atoms with E-state index < -0.39 is 44.2 Å². The van der Waals surface area contributed by atoms with Crippen molar-refractivity contribution >= 4 is 13.6 Å². The van der Waals surface area contributed by atoms with E-state index in [4.69, 9.17) is 19.9 Å². The van der Waals surface area contributed by atoms with Crippen molar-refractivity contribution in [3.63, 3.8) is 0 Å². The Labute approximate surface area is 148 Å². The Hall–Kier alpha value is -1.37. The number of hydrogen-bond donors (Lipinski definition) is 4. The first-order valence-corrected chi connectivity index (χ1v) is 9.21. The summed E-state index contributed by atoms with van der Waals surface area (Å²) in [5.41, 5.74) is 3.74. The molecule has 0 amide bonds. The van der Waals surface area contributed by atoms with E-state index in [1.807, 2.05) is 0 Å². The van der Waals surface area contributed by atoms with Gasteiger partial charge in [-0.3, -0.25) is 9.09 Å². The van der Waals surface area contributed by atoms with Crippen LogP contribution in [-0.4, -0.2) is 56.5 Å². The second-order valence-electron chi connectivity index (χ2n) is 5.74. The third-order valence-electron chi connectivity index (χ3n) is 4.17. The summed E-state index contributed by atoms with van der Waals surface area (Å²) in [6.45, 7) is 2.63. The zero-order chi connectivity index (χ0) is 19.7. The highest BCUT2D eigenvalue weighted by molar-refractivity contribution is 7.46. The third-order valence-corrected chi connectivity index (χ3v) is 4.69. The zero-order valence-corrected chi connectivity index (χ0v) is 15.3. The first kappa shape index (κ1) is 20.9. The van der Waals surface area contributed by atoms with Gasteiger partial charge in [0.2, 0.25) is 0 Å². The first-order chi connectivity index (χ1) is 12.1. The van der Waals surface area contributed by atoms with E-state index in [0.717, 1.165) is 4.57 Å². The maximum absolute atomic E-state index is 12.4. The van der Waals surface area contributed by atoms with Gasteiger partial charge in [0, 0.05) is 11.8 Å². The van der Waals surface area contributed by atoms with Crippen molar-refractivity contribution in [2.75, 3.05) is 19.5 Å². The van der Waals surface area contributed by atoms with E-state index in [1.54, 1.807) is 13.8 Å². The number of anilines is 1. The number of phosphoric acid groups is 1. The summed E-state index contributed by atoms with van der Waals surface area (Å²) in [5, 5.41) is 9.58. The highest BCUT2D eigenvalue weighted by atomic mass is 31.2. The van der Waals surface area contributed by atoms with Crippen molar-refractivity contribution in [1.82, 2.24) is 9.55 Å². The van der Waals surface area contributed by atoms with Gasteiger partial charge in [0.25, 0.3) is 0 Å². The SMILES string of the molecule is CC[C@@]1(n2cc(C)c(N)nc2=O)O[C@H](CO)[C@@H](OP(=O)(O)O)[C@H]1OOC. The lowest BCUT2D eigenvalue weighted by atomic mass is 9.99. The minimum absolute atomic E-state index is 0.0291. The Kier molecular flexibility index (Phi) is 6.20. The lowest BCUT2D eigenvalue weighted by molar-refractivity contribution is -0.345. The highest BCUT2D eigenvalue weighted by Gasteiger charge is 2.59. The molecule has 148 valence electrons. The van der Waals surface area contributed by atoms with Crippen molar-refractivity contribution in [3.8, 4) is 0 Å². The number of aromatic nitrogens is 2. The minimum atomic E-state index is -4.96. The van der Waals surface area contributed by atoms with Crippen molar-refractivity contribution in [1.29, 1.82) is 0 Å². The number of hydrogen-bond acceptors (Lipinski definition) is 9. The van der Waals surface area contributed by atoms with Crippen molar-refractivity contribution in [2.24, 2.45) is 0 Å². The predicted octanol–water partition coefficient (Wildman–Crippen LogP) is -0.988. The molecule has 1 aromatic rings. The number of aliphatic hydroxyl groups excluding tert-OH is 1.